The van der Waals surface area contributed by atoms with Crippen LogP contribution in [-0.4, -0.2) is 19.0 Å². The number of anilines is 1. The quantitative estimate of drug-likeness (QED) is 0.694. The molecule has 0 unspecified atom stereocenters. The molecule has 1 amide bonds. The van der Waals surface area contributed by atoms with Gasteiger partial charge in [-0.3, -0.25) is 4.79 Å². The highest BCUT2D eigenvalue weighted by molar-refractivity contribution is 7.18. The van der Waals surface area contributed by atoms with Gasteiger partial charge in [0.05, 0.1) is 18.4 Å². The summed E-state index contributed by atoms with van der Waals surface area (Å²) in [4.78, 5) is 23.7. The molecule has 2 heterocycles. The monoisotopic (exact) mass is 291 g/mol. The average molecular weight is 291 g/mol. The van der Waals surface area contributed by atoms with Crippen LogP contribution in [0, 0.1) is 6.92 Å². The molecular weight excluding hydrogens is 278 g/mol. The van der Waals surface area contributed by atoms with Crippen LogP contribution in [0.15, 0.2) is 35.0 Å². The summed E-state index contributed by atoms with van der Waals surface area (Å²) >= 11 is 1.18. The summed E-state index contributed by atoms with van der Waals surface area (Å²) in [5.74, 6) is -0.101. The number of ether oxygens (including phenoxy) is 1. The summed E-state index contributed by atoms with van der Waals surface area (Å²) in [5.41, 5.74) is 0.771. The van der Waals surface area contributed by atoms with Crippen molar-refractivity contribution < 1.29 is 18.7 Å². The van der Waals surface area contributed by atoms with E-state index in [9.17, 15) is 9.59 Å². The Balaban J connectivity index is 2.03. The zero-order valence-electron chi connectivity index (χ0n) is 11.0. The summed E-state index contributed by atoms with van der Waals surface area (Å²) in [6.45, 7) is 1.79. The SMILES string of the molecule is COC(=O)c1sc(NC(=O)/C=C/c2ccco2)cc1C. The summed E-state index contributed by atoms with van der Waals surface area (Å²) in [7, 11) is 1.33. The van der Waals surface area contributed by atoms with E-state index in [2.05, 4.69) is 10.1 Å². The Hall–Kier alpha value is -2.34. The number of aryl methyl sites for hydroxylation is 1. The normalized spacial score (nSPS) is 10.7. The highest BCUT2D eigenvalue weighted by atomic mass is 32.1. The number of nitrogens with one attached hydrogen (secondary N) is 1. The number of carbonyl (C=O) groups is 2. The van der Waals surface area contributed by atoms with Gasteiger partial charge in [-0.15, -0.1) is 11.3 Å². The van der Waals surface area contributed by atoms with Crippen molar-refractivity contribution in [1.82, 2.24) is 0 Å². The highest BCUT2D eigenvalue weighted by Crippen LogP contribution is 2.27. The first-order valence-electron chi connectivity index (χ1n) is 5.81. The number of amides is 1. The topological polar surface area (TPSA) is 68.5 Å². The van der Waals surface area contributed by atoms with E-state index in [1.807, 2.05) is 0 Å². The Labute approximate surface area is 119 Å². The van der Waals surface area contributed by atoms with Crippen LogP contribution in [0.3, 0.4) is 0 Å². The predicted octanol–water partition coefficient (Wildman–Crippen LogP) is 3.09. The number of furan rings is 1. The van der Waals surface area contributed by atoms with Gasteiger partial charge in [-0.2, -0.15) is 0 Å². The van der Waals surface area contributed by atoms with Gasteiger partial charge in [0.15, 0.2) is 0 Å². The zero-order valence-corrected chi connectivity index (χ0v) is 11.8. The molecule has 2 aromatic heterocycles. The van der Waals surface area contributed by atoms with E-state index < -0.39 is 5.97 Å². The van der Waals surface area contributed by atoms with Crippen molar-refractivity contribution in [2.75, 3.05) is 12.4 Å². The smallest absolute Gasteiger partial charge is 0.348 e. The second kappa shape index (κ2) is 6.21. The lowest BCUT2D eigenvalue weighted by Gasteiger charge is -1.96. The molecule has 0 saturated heterocycles. The number of hydrogen-bond donors (Lipinski definition) is 1. The van der Waals surface area contributed by atoms with Gasteiger partial charge in [0, 0.05) is 6.08 Å². The van der Waals surface area contributed by atoms with E-state index in [-0.39, 0.29) is 5.91 Å². The van der Waals surface area contributed by atoms with Gasteiger partial charge in [-0.05, 0) is 36.8 Å². The molecule has 0 radical (unpaired) electrons. The first kappa shape index (κ1) is 14.1. The van der Waals surface area contributed by atoms with Gasteiger partial charge in [-0.1, -0.05) is 0 Å². The third kappa shape index (κ3) is 3.36. The molecule has 1 N–H and O–H groups in total. The predicted molar refractivity (Wildman–Crippen MR) is 76.8 cm³/mol. The Morgan fingerprint density at radius 1 is 1.45 bits per heavy atom. The van der Waals surface area contributed by atoms with Crippen LogP contribution in [0.4, 0.5) is 5.00 Å². The molecule has 0 aliphatic rings. The molecule has 0 spiro atoms. The van der Waals surface area contributed by atoms with Gasteiger partial charge in [0.2, 0.25) is 5.91 Å². The number of esters is 1. The molecule has 5 nitrogen and oxygen atoms in total. The Kier molecular flexibility index (Phi) is 4.37. The molecule has 104 valence electrons. The molecule has 2 aromatic rings. The molecule has 0 bridgehead atoms. The van der Waals surface area contributed by atoms with Crippen molar-refractivity contribution in [2.45, 2.75) is 6.92 Å². The molecule has 0 atom stereocenters. The molecule has 6 heteroatoms. The maximum atomic E-state index is 11.7. The molecule has 0 aliphatic carbocycles. The van der Waals surface area contributed by atoms with Crippen LogP contribution in [0.25, 0.3) is 6.08 Å². The molecule has 0 aliphatic heterocycles. The maximum Gasteiger partial charge on any atom is 0.348 e. The third-order valence-electron chi connectivity index (χ3n) is 2.48. The number of carbonyl (C=O) groups excluding carboxylic acids is 2. The second-order valence-electron chi connectivity index (χ2n) is 3.95. The number of hydrogen-bond acceptors (Lipinski definition) is 5. The first-order valence-corrected chi connectivity index (χ1v) is 6.63. The van der Waals surface area contributed by atoms with E-state index in [1.165, 1.54) is 30.8 Å². The van der Waals surface area contributed by atoms with Crippen molar-refractivity contribution in [3.63, 3.8) is 0 Å². The van der Waals surface area contributed by atoms with E-state index in [4.69, 9.17) is 4.42 Å². The fourth-order valence-electron chi connectivity index (χ4n) is 1.55. The third-order valence-corrected chi connectivity index (χ3v) is 3.61. The minimum absolute atomic E-state index is 0.293. The Bertz CT molecular complexity index is 640. The minimum Gasteiger partial charge on any atom is -0.465 e. The van der Waals surface area contributed by atoms with Crippen molar-refractivity contribution in [2.24, 2.45) is 0 Å². The van der Waals surface area contributed by atoms with Crippen LogP contribution in [-0.2, 0) is 9.53 Å². The zero-order chi connectivity index (χ0) is 14.5. The average Bonchev–Trinajstić information content (AvgIpc) is 3.05. The fraction of sp³-hybridized carbons (Fsp3) is 0.143. The molecule has 2 rings (SSSR count). The molecule has 20 heavy (non-hydrogen) atoms. The van der Waals surface area contributed by atoms with Crippen molar-refractivity contribution >= 4 is 34.3 Å². The maximum absolute atomic E-state index is 11.7. The van der Waals surface area contributed by atoms with E-state index in [1.54, 1.807) is 31.2 Å². The summed E-state index contributed by atoms with van der Waals surface area (Å²) in [6.07, 6.45) is 4.46. The summed E-state index contributed by atoms with van der Waals surface area (Å²) < 4.78 is 9.74. The van der Waals surface area contributed by atoms with Crippen LogP contribution in [0.5, 0.6) is 0 Å². The van der Waals surface area contributed by atoms with Crippen molar-refractivity contribution in [3.8, 4) is 0 Å². The second-order valence-corrected chi connectivity index (χ2v) is 5.00. The van der Waals surface area contributed by atoms with Crippen LogP contribution < -0.4 is 5.32 Å². The van der Waals surface area contributed by atoms with Gasteiger partial charge in [-0.25, -0.2) is 4.79 Å². The molecule has 0 saturated carbocycles. The molecule has 0 aromatic carbocycles. The van der Waals surface area contributed by atoms with Crippen LogP contribution >= 0.6 is 11.3 Å². The standard InChI is InChI=1S/C14H13NO4S/c1-9-8-12(20-13(9)14(17)18-2)15-11(16)6-5-10-4-3-7-19-10/h3-8H,1-2H3,(H,15,16)/b6-5+. The summed E-state index contributed by atoms with van der Waals surface area (Å²) in [6, 6.07) is 5.22. The van der Waals surface area contributed by atoms with Gasteiger partial charge >= 0.3 is 5.97 Å². The lowest BCUT2D eigenvalue weighted by molar-refractivity contribution is -0.111. The summed E-state index contributed by atoms with van der Waals surface area (Å²) in [5, 5.41) is 3.28. The molecular formula is C14H13NO4S. The van der Waals surface area contributed by atoms with E-state index >= 15 is 0 Å². The first-order chi connectivity index (χ1) is 9.60. The fourth-order valence-corrected chi connectivity index (χ4v) is 2.54. The van der Waals surface area contributed by atoms with Crippen molar-refractivity contribution in [1.29, 1.82) is 0 Å². The van der Waals surface area contributed by atoms with E-state index in [0.29, 0.717) is 15.6 Å². The number of thiophene rings is 1. The Morgan fingerprint density at radius 3 is 2.90 bits per heavy atom. The van der Waals surface area contributed by atoms with Crippen molar-refractivity contribution in [3.05, 3.63) is 46.7 Å². The number of rotatable bonds is 4. The van der Waals surface area contributed by atoms with E-state index in [0.717, 1.165) is 5.56 Å². The van der Waals surface area contributed by atoms with Gasteiger partial charge in [0.1, 0.15) is 10.6 Å². The largest absolute Gasteiger partial charge is 0.465 e. The number of methoxy groups -OCH3 is 1. The van der Waals surface area contributed by atoms with Gasteiger partial charge < -0.3 is 14.5 Å². The Morgan fingerprint density at radius 2 is 2.25 bits per heavy atom. The minimum atomic E-state index is -0.404. The van der Waals surface area contributed by atoms with Crippen LogP contribution in [0.2, 0.25) is 0 Å². The van der Waals surface area contributed by atoms with Crippen LogP contribution in [0.1, 0.15) is 21.0 Å². The molecule has 0 fully saturated rings. The highest BCUT2D eigenvalue weighted by Gasteiger charge is 2.14. The lowest BCUT2D eigenvalue weighted by atomic mass is 10.3. The van der Waals surface area contributed by atoms with Gasteiger partial charge in [0.25, 0.3) is 0 Å². The lowest BCUT2D eigenvalue weighted by Crippen LogP contribution is -2.06.